The van der Waals surface area contributed by atoms with Crippen LogP contribution >= 0.6 is 0 Å². The molecule has 1 aromatic carbocycles. The van der Waals surface area contributed by atoms with E-state index in [0.717, 1.165) is 0 Å². The molecule has 0 aliphatic carbocycles. The average Bonchev–Trinajstić information content (AvgIpc) is 2.81. The number of nitrogens with one attached hydrogen (secondary N) is 2. The molecule has 10 nitrogen and oxygen atoms in total. The maximum absolute atomic E-state index is 12.3. The van der Waals surface area contributed by atoms with Gasteiger partial charge in [0.25, 0.3) is 11.8 Å². The average molecular weight is 402 g/mol. The number of nitrogens with two attached hydrogens (primary N) is 2. The molecule has 0 radical (unpaired) electrons. The standard InChI is InChI=1S/C20H18N8O2/c21-17(15-8-1-3-10-23-15)25-27-19(29)13-6-5-7-14(12-13)20(30)28-26-18(22)16-9-2-4-11-24-16/h1-12H,(H2,21,25)(H2,22,26)(H,27,29)(H,28,30). The minimum absolute atomic E-state index is 0.0529. The minimum atomic E-state index is -0.542. The van der Waals surface area contributed by atoms with Gasteiger partial charge in [0.15, 0.2) is 11.7 Å². The van der Waals surface area contributed by atoms with E-state index in [9.17, 15) is 9.59 Å². The van der Waals surface area contributed by atoms with Gasteiger partial charge in [0.2, 0.25) is 0 Å². The Labute approximate surface area is 171 Å². The molecule has 3 aromatic rings. The van der Waals surface area contributed by atoms with Gasteiger partial charge in [-0.05, 0) is 42.5 Å². The van der Waals surface area contributed by atoms with Crippen LogP contribution in [-0.4, -0.2) is 33.5 Å². The van der Waals surface area contributed by atoms with Crippen molar-refractivity contribution in [3.8, 4) is 0 Å². The van der Waals surface area contributed by atoms with Crippen LogP contribution in [0.15, 0.2) is 83.3 Å². The van der Waals surface area contributed by atoms with E-state index in [1.807, 2.05) is 0 Å². The Hall–Kier alpha value is -4.60. The quantitative estimate of drug-likeness (QED) is 0.268. The first kappa shape index (κ1) is 20.1. The van der Waals surface area contributed by atoms with Gasteiger partial charge in [0.05, 0.1) is 0 Å². The lowest BCUT2D eigenvalue weighted by Gasteiger charge is -2.05. The summed E-state index contributed by atoms with van der Waals surface area (Å²) in [5.41, 5.74) is 17.5. The highest BCUT2D eigenvalue weighted by atomic mass is 16.2. The van der Waals surface area contributed by atoms with Gasteiger partial charge in [-0.2, -0.15) is 10.2 Å². The van der Waals surface area contributed by atoms with Crippen molar-refractivity contribution in [2.24, 2.45) is 21.7 Å². The van der Waals surface area contributed by atoms with Crippen LogP contribution in [0.1, 0.15) is 32.1 Å². The Kier molecular flexibility index (Phi) is 6.41. The van der Waals surface area contributed by atoms with Crippen LogP contribution in [0.2, 0.25) is 0 Å². The van der Waals surface area contributed by atoms with Gasteiger partial charge < -0.3 is 11.5 Å². The number of hydrogen-bond acceptors (Lipinski definition) is 6. The number of hydrogen-bond donors (Lipinski definition) is 4. The summed E-state index contributed by atoms with van der Waals surface area (Å²) in [4.78, 5) is 32.7. The van der Waals surface area contributed by atoms with Crippen molar-refractivity contribution in [2.75, 3.05) is 0 Å². The molecule has 2 amide bonds. The number of benzene rings is 1. The number of aromatic nitrogens is 2. The lowest BCUT2D eigenvalue weighted by Crippen LogP contribution is -2.26. The summed E-state index contributed by atoms with van der Waals surface area (Å²) >= 11 is 0. The van der Waals surface area contributed by atoms with E-state index in [-0.39, 0.29) is 22.8 Å². The summed E-state index contributed by atoms with van der Waals surface area (Å²) < 4.78 is 0. The largest absolute Gasteiger partial charge is 0.380 e. The zero-order chi connectivity index (χ0) is 21.3. The van der Waals surface area contributed by atoms with Crippen LogP contribution in [-0.2, 0) is 0 Å². The summed E-state index contributed by atoms with van der Waals surface area (Å²) in [6, 6.07) is 16.3. The van der Waals surface area contributed by atoms with Crippen molar-refractivity contribution in [1.82, 2.24) is 20.8 Å². The second-order valence-electron chi connectivity index (χ2n) is 5.89. The normalized spacial score (nSPS) is 11.6. The zero-order valence-electron chi connectivity index (χ0n) is 15.7. The second-order valence-corrected chi connectivity index (χ2v) is 5.89. The topological polar surface area (TPSA) is 161 Å². The Bertz CT molecular complexity index is 1010. The maximum Gasteiger partial charge on any atom is 0.271 e. The fourth-order valence-electron chi connectivity index (χ4n) is 2.30. The molecule has 30 heavy (non-hydrogen) atoms. The summed E-state index contributed by atoms with van der Waals surface area (Å²) in [7, 11) is 0. The van der Waals surface area contributed by atoms with Crippen LogP contribution in [0.4, 0.5) is 0 Å². The summed E-state index contributed by atoms with van der Waals surface area (Å²) in [6.07, 6.45) is 3.12. The van der Waals surface area contributed by atoms with Crippen molar-refractivity contribution in [2.45, 2.75) is 0 Å². The molecule has 0 spiro atoms. The van der Waals surface area contributed by atoms with Crippen molar-refractivity contribution in [3.05, 3.63) is 95.6 Å². The second kappa shape index (κ2) is 9.55. The monoisotopic (exact) mass is 402 g/mol. The highest BCUT2D eigenvalue weighted by Gasteiger charge is 2.11. The van der Waals surface area contributed by atoms with Gasteiger partial charge in [-0.15, -0.1) is 0 Å². The number of carbonyl (C=O) groups excluding carboxylic acids is 2. The van der Waals surface area contributed by atoms with E-state index < -0.39 is 11.8 Å². The van der Waals surface area contributed by atoms with Gasteiger partial charge >= 0.3 is 0 Å². The highest BCUT2D eigenvalue weighted by molar-refractivity contribution is 6.02. The molecule has 0 bridgehead atoms. The smallest absolute Gasteiger partial charge is 0.271 e. The predicted octanol–water partition coefficient (Wildman–Crippen LogP) is 0.577. The van der Waals surface area contributed by atoms with Gasteiger partial charge in [-0.1, -0.05) is 18.2 Å². The van der Waals surface area contributed by atoms with Gasteiger partial charge in [0.1, 0.15) is 11.4 Å². The molecule has 0 saturated carbocycles. The molecular weight excluding hydrogens is 384 g/mol. The van der Waals surface area contributed by atoms with Crippen molar-refractivity contribution < 1.29 is 9.59 Å². The number of amidine groups is 2. The van der Waals surface area contributed by atoms with Crippen LogP contribution in [0.25, 0.3) is 0 Å². The van der Waals surface area contributed by atoms with Crippen molar-refractivity contribution in [3.63, 3.8) is 0 Å². The first-order valence-corrected chi connectivity index (χ1v) is 8.74. The lowest BCUT2D eigenvalue weighted by molar-refractivity contribution is 0.0954. The molecule has 0 unspecified atom stereocenters. The Morgan fingerprint density at radius 2 is 1.17 bits per heavy atom. The lowest BCUT2D eigenvalue weighted by atomic mass is 10.1. The van der Waals surface area contributed by atoms with Gasteiger partial charge in [0, 0.05) is 23.5 Å². The Morgan fingerprint density at radius 1 is 0.700 bits per heavy atom. The van der Waals surface area contributed by atoms with Crippen molar-refractivity contribution in [1.29, 1.82) is 0 Å². The van der Waals surface area contributed by atoms with E-state index in [1.54, 1.807) is 54.9 Å². The number of hydrazone groups is 2. The van der Waals surface area contributed by atoms with Gasteiger partial charge in [-0.25, -0.2) is 10.9 Å². The Balaban J connectivity index is 1.66. The summed E-state index contributed by atoms with van der Waals surface area (Å²) in [6.45, 7) is 0. The third-order valence-electron chi connectivity index (χ3n) is 3.80. The molecule has 0 aliphatic rings. The predicted molar refractivity (Wildman–Crippen MR) is 111 cm³/mol. The first-order valence-electron chi connectivity index (χ1n) is 8.74. The molecule has 3 rings (SSSR count). The first-order chi connectivity index (χ1) is 14.5. The molecule has 0 aliphatic heterocycles. The summed E-state index contributed by atoms with van der Waals surface area (Å²) in [5, 5.41) is 7.65. The highest BCUT2D eigenvalue weighted by Crippen LogP contribution is 2.06. The minimum Gasteiger partial charge on any atom is -0.380 e. The number of pyridine rings is 2. The Morgan fingerprint density at radius 3 is 1.57 bits per heavy atom. The van der Waals surface area contributed by atoms with Crippen LogP contribution in [0.3, 0.4) is 0 Å². The summed E-state index contributed by atoms with van der Waals surface area (Å²) in [5.74, 6) is -0.977. The van der Waals surface area contributed by atoms with Crippen LogP contribution in [0, 0.1) is 0 Å². The fourth-order valence-corrected chi connectivity index (χ4v) is 2.30. The number of carbonyl (C=O) groups is 2. The number of nitrogens with zero attached hydrogens (tertiary/aromatic N) is 4. The third kappa shape index (κ3) is 5.23. The molecule has 150 valence electrons. The van der Waals surface area contributed by atoms with E-state index in [0.29, 0.717) is 11.4 Å². The van der Waals surface area contributed by atoms with Crippen molar-refractivity contribution >= 4 is 23.5 Å². The maximum atomic E-state index is 12.3. The molecule has 2 aromatic heterocycles. The van der Waals surface area contributed by atoms with E-state index in [4.69, 9.17) is 11.5 Å². The van der Waals surface area contributed by atoms with E-state index in [1.165, 1.54) is 18.2 Å². The van der Waals surface area contributed by atoms with Crippen LogP contribution in [0.5, 0.6) is 0 Å². The zero-order valence-corrected chi connectivity index (χ0v) is 15.7. The molecule has 2 heterocycles. The van der Waals surface area contributed by atoms with Crippen LogP contribution < -0.4 is 22.3 Å². The third-order valence-corrected chi connectivity index (χ3v) is 3.80. The number of rotatable bonds is 6. The fraction of sp³-hybridized carbons (Fsp3) is 0. The molecule has 0 atom stereocenters. The molecule has 10 heteroatoms. The number of amides is 2. The molecular formula is C20H18N8O2. The van der Waals surface area contributed by atoms with E-state index in [2.05, 4.69) is 31.0 Å². The van der Waals surface area contributed by atoms with Gasteiger partial charge in [-0.3, -0.25) is 19.6 Å². The molecule has 0 saturated heterocycles. The molecule has 0 fully saturated rings. The SMILES string of the molecule is N/C(=N\NC(=O)c1cccc(C(=O)N/N=C(\N)c2ccccn2)c1)c1ccccn1. The molecule has 6 N–H and O–H groups in total. The van der Waals surface area contributed by atoms with E-state index >= 15 is 0 Å².